The van der Waals surface area contributed by atoms with Crippen molar-refractivity contribution in [1.29, 1.82) is 0 Å². The number of nitrogens with one attached hydrogen (secondary N) is 2. The van der Waals surface area contributed by atoms with Gasteiger partial charge in [-0.25, -0.2) is 0 Å². The number of carbonyl (C=O) groups excluding carboxylic acids is 1. The van der Waals surface area contributed by atoms with Crippen LogP contribution in [0.1, 0.15) is 5.56 Å². The van der Waals surface area contributed by atoms with Crippen LogP contribution in [0.4, 0.5) is 18.9 Å². The molecule has 104 valence electrons. The molecule has 0 heterocycles. The third kappa shape index (κ3) is 5.32. The van der Waals surface area contributed by atoms with E-state index in [1.165, 1.54) is 6.07 Å². The topological polar surface area (TPSA) is 41.1 Å². The first-order chi connectivity index (χ1) is 8.82. The molecule has 0 saturated heterocycles. The number of rotatable bonds is 5. The fourth-order valence-electron chi connectivity index (χ4n) is 1.32. The predicted octanol–water partition coefficient (Wildman–Crippen LogP) is 3.07. The van der Waals surface area contributed by atoms with E-state index in [0.29, 0.717) is 6.54 Å². The molecule has 0 atom stereocenters. The van der Waals surface area contributed by atoms with Crippen LogP contribution in [0.25, 0.3) is 0 Å². The zero-order valence-corrected chi connectivity index (χ0v) is 10.6. The molecule has 0 spiro atoms. The Bertz CT molecular complexity index is 475. The highest BCUT2D eigenvalue weighted by atomic mass is 35.5. The largest absolute Gasteiger partial charge is 0.416 e. The van der Waals surface area contributed by atoms with Crippen LogP contribution in [0.15, 0.2) is 30.9 Å². The first-order valence-electron chi connectivity index (χ1n) is 5.32. The Morgan fingerprint density at radius 3 is 2.63 bits per heavy atom. The molecular formula is C12H12ClF3N2O. The van der Waals surface area contributed by atoms with E-state index < -0.39 is 17.6 Å². The van der Waals surface area contributed by atoms with Gasteiger partial charge in [0.2, 0.25) is 5.91 Å². The highest BCUT2D eigenvalue weighted by molar-refractivity contribution is 6.31. The van der Waals surface area contributed by atoms with Crippen LogP contribution in [0.2, 0.25) is 5.02 Å². The van der Waals surface area contributed by atoms with Crippen molar-refractivity contribution < 1.29 is 18.0 Å². The fourth-order valence-corrected chi connectivity index (χ4v) is 1.55. The van der Waals surface area contributed by atoms with Gasteiger partial charge in [-0.1, -0.05) is 17.7 Å². The molecule has 0 radical (unpaired) electrons. The van der Waals surface area contributed by atoms with Gasteiger partial charge in [-0.15, -0.1) is 6.58 Å². The van der Waals surface area contributed by atoms with E-state index in [-0.39, 0.29) is 17.3 Å². The van der Waals surface area contributed by atoms with Crippen molar-refractivity contribution in [2.24, 2.45) is 0 Å². The smallest absolute Gasteiger partial charge is 0.325 e. The van der Waals surface area contributed by atoms with Crippen LogP contribution in [0.3, 0.4) is 0 Å². The third-order valence-corrected chi connectivity index (χ3v) is 2.30. The van der Waals surface area contributed by atoms with Crippen molar-refractivity contribution in [1.82, 2.24) is 5.32 Å². The van der Waals surface area contributed by atoms with Gasteiger partial charge >= 0.3 is 6.18 Å². The van der Waals surface area contributed by atoms with Crippen LogP contribution in [0.5, 0.6) is 0 Å². The fraction of sp³-hybridized carbons (Fsp3) is 0.250. The van der Waals surface area contributed by atoms with Crippen LogP contribution in [-0.4, -0.2) is 19.0 Å². The molecule has 0 saturated carbocycles. The van der Waals surface area contributed by atoms with Crippen molar-refractivity contribution in [3.05, 3.63) is 41.4 Å². The number of anilines is 1. The number of carbonyl (C=O) groups is 1. The Balaban J connectivity index is 2.76. The van der Waals surface area contributed by atoms with Gasteiger partial charge in [0, 0.05) is 17.3 Å². The summed E-state index contributed by atoms with van der Waals surface area (Å²) in [6, 6.07) is 2.88. The highest BCUT2D eigenvalue weighted by Gasteiger charge is 2.31. The molecule has 0 aromatic heterocycles. The molecule has 1 aromatic carbocycles. The molecule has 7 heteroatoms. The van der Waals surface area contributed by atoms with Gasteiger partial charge < -0.3 is 10.6 Å². The lowest BCUT2D eigenvalue weighted by molar-refractivity contribution is -0.137. The molecule has 1 rings (SSSR count). The molecule has 2 N–H and O–H groups in total. The number of amides is 1. The summed E-state index contributed by atoms with van der Waals surface area (Å²) in [5.41, 5.74) is -0.903. The Kier molecular flexibility index (Phi) is 5.38. The van der Waals surface area contributed by atoms with E-state index in [9.17, 15) is 18.0 Å². The molecule has 0 unspecified atom stereocenters. The molecule has 0 aliphatic heterocycles. The average molecular weight is 293 g/mol. The Labute approximate surface area is 113 Å². The molecule has 3 nitrogen and oxygen atoms in total. The number of hydrogen-bond donors (Lipinski definition) is 2. The highest BCUT2D eigenvalue weighted by Crippen LogP contribution is 2.33. The van der Waals surface area contributed by atoms with Gasteiger partial charge in [0.1, 0.15) is 0 Å². The third-order valence-electron chi connectivity index (χ3n) is 2.08. The molecule has 0 aliphatic rings. The second-order valence-electron chi connectivity index (χ2n) is 3.69. The zero-order chi connectivity index (χ0) is 14.5. The summed E-state index contributed by atoms with van der Waals surface area (Å²) in [4.78, 5) is 11.4. The monoisotopic (exact) mass is 292 g/mol. The van der Waals surface area contributed by atoms with Crippen LogP contribution >= 0.6 is 11.6 Å². The zero-order valence-electron chi connectivity index (χ0n) is 9.85. The van der Waals surface area contributed by atoms with Gasteiger partial charge in [-0.3, -0.25) is 4.79 Å². The SMILES string of the molecule is C=CCNCC(=O)Nc1cc(Cl)cc(C(F)(F)F)c1. The maximum Gasteiger partial charge on any atom is 0.416 e. The van der Waals surface area contributed by atoms with Crippen LogP contribution < -0.4 is 10.6 Å². The molecule has 1 amide bonds. The summed E-state index contributed by atoms with van der Waals surface area (Å²) < 4.78 is 37.6. The average Bonchev–Trinajstić information content (AvgIpc) is 2.27. The first kappa shape index (κ1) is 15.5. The molecule has 1 aromatic rings. The molecule has 0 fully saturated rings. The van der Waals surface area contributed by atoms with Gasteiger partial charge in [0.15, 0.2) is 0 Å². The molecular weight excluding hydrogens is 281 g/mol. The lowest BCUT2D eigenvalue weighted by Gasteiger charge is -2.11. The van der Waals surface area contributed by atoms with E-state index in [2.05, 4.69) is 17.2 Å². The minimum absolute atomic E-state index is 0.00484. The van der Waals surface area contributed by atoms with Gasteiger partial charge in [-0.2, -0.15) is 13.2 Å². The first-order valence-corrected chi connectivity index (χ1v) is 5.70. The van der Waals surface area contributed by atoms with Crippen molar-refractivity contribution in [2.75, 3.05) is 18.4 Å². The van der Waals surface area contributed by atoms with E-state index in [1.807, 2.05) is 0 Å². The van der Waals surface area contributed by atoms with Gasteiger partial charge in [0.25, 0.3) is 0 Å². The predicted molar refractivity (Wildman–Crippen MR) is 68.2 cm³/mol. The van der Waals surface area contributed by atoms with Crippen molar-refractivity contribution in [3.8, 4) is 0 Å². The summed E-state index contributed by atoms with van der Waals surface area (Å²) in [5, 5.41) is 4.97. The second kappa shape index (κ2) is 6.58. The Morgan fingerprint density at radius 1 is 1.37 bits per heavy atom. The minimum Gasteiger partial charge on any atom is -0.325 e. The number of hydrogen-bond acceptors (Lipinski definition) is 2. The van der Waals surface area contributed by atoms with Crippen LogP contribution in [-0.2, 0) is 11.0 Å². The van der Waals surface area contributed by atoms with Gasteiger partial charge in [0.05, 0.1) is 12.1 Å². The quantitative estimate of drug-likeness (QED) is 0.647. The van der Waals surface area contributed by atoms with E-state index in [1.54, 1.807) is 6.08 Å². The molecule has 0 bridgehead atoms. The maximum absolute atomic E-state index is 12.5. The van der Waals surface area contributed by atoms with Crippen molar-refractivity contribution >= 4 is 23.2 Å². The van der Waals surface area contributed by atoms with Crippen molar-refractivity contribution in [3.63, 3.8) is 0 Å². The van der Waals surface area contributed by atoms with E-state index in [0.717, 1.165) is 12.1 Å². The number of alkyl halides is 3. The Morgan fingerprint density at radius 2 is 2.05 bits per heavy atom. The summed E-state index contributed by atoms with van der Waals surface area (Å²) in [6.07, 6.45) is -2.94. The minimum atomic E-state index is -4.51. The van der Waals surface area contributed by atoms with E-state index >= 15 is 0 Å². The van der Waals surface area contributed by atoms with Crippen LogP contribution in [0, 0.1) is 0 Å². The Hall–Kier alpha value is -1.53. The second-order valence-corrected chi connectivity index (χ2v) is 4.13. The lowest BCUT2D eigenvalue weighted by Crippen LogP contribution is -2.28. The molecule has 19 heavy (non-hydrogen) atoms. The lowest BCUT2D eigenvalue weighted by atomic mass is 10.2. The standard InChI is InChI=1S/C12H12ClF3N2O/c1-2-3-17-7-11(19)18-10-5-8(12(14,15)16)4-9(13)6-10/h2,4-6,17H,1,3,7H2,(H,18,19). The number of benzene rings is 1. The summed E-state index contributed by atoms with van der Waals surface area (Å²) in [5.74, 6) is -0.461. The molecule has 0 aliphatic carbocycles. The van der Waals surface area contributed by atoms with E-state index in [4.69, 9.17) is 11.6 Å². The number of halogens is 4. The summed E-state index contributed by atoms with van der Waals surface area (Å²) in [6.45, 7) is 3.85. The summed E-state index contributed by atoms with van der Waals surface area (Å²) in [7, 11) is 0. The summed E-state index contributed by atoms with van der Waals surface area (Å²) >= 11 is 5.59. The van der Waals surface area contributed by atoms with Gasteiger partial charge in [-0.05, 0) is 18.2 Å². The maximum atomic E-state index is 12.5. The van der Waals surface area contributed by atoms with Crippen molar-refractivity contribution in [2.45, 2.75) is 6.18 Å². The normalized spacial score (nSPS) is 11.2.